The minimum atomic E-state index is 0.877. The third-order valence-electron chi connectivity index (χ3n) is 3.33. The van der Waals surface area contributed by atoms with Gasteiger partial charge in [-0.05, 0) is 18.6 Å². The Morgan fingerprint density at radius 1 is 1.15 bits per heavy atom. The van der Waals surface area contributed by atoms with E-state index in [4.69, 9.17) is 0 Å². The van der Waals surface area contributed by atoms with Crippen molar-refractivity contribution in [1.29, 1.82) is 0 Å². The van der Waals surface area contributed by atoms with E-state index in [1.54, 1.807) is 4.79 Å². The Bertz CT molecular complexity index is 682. The third-order valence-corrected chi connectivity index (χ3v) is 3.33. The fourth-order valence-corrected chi connectivity index (χ4v) is 2.24. The normalized spacial score (nSPS) is 11.1. The Morgan fingerprint density at radius 3 is 2.95 bits per heavy atom. The number of benzene rings is 1. The molecule has 3 aromatic rings. The van der Waals surface area contributed by atoms with Gasteiger partial charge in [0.1, 0.15) is 6.33 Å². The van der Waals surface area contributed by atoms with E-state index in [0.29, 0.717) is 0 Å². The van der Waals surface area contributed by atoms with Gasteiger partial charge in [0, 0.05) is 12.6 Å². The molecule has 0 amide bonds. The van der Waals surface area contributed by atoms with E-state index in [-0.39, 0.29) is 0 Å². The van der Waals surface area contributed by atoms with E-state index in [9.17, 15) is 0 Å². The zero-order valence-electron chi connectivity index (χ0n) is 11.7. The summed E-state index contributed by atoms with van der Waals surface area (Å²) in [4.78, 5) is 6.16. The number of hydrogen-bond donors (Lipinski definition) is 1. The van der Waals surface area contributed by atoms with Crippen LogP contribution < -0.4 is 5.43 Å². The molecule has 0 aliphatic carbocycles. The topological polar surface area (TPSA) is 47.7 Å². The molecule has 1 N–H and O–H groups in total. The Kier molecular flexibility index (Phi) is 3.67. The average molecular weight is 269 g/mol. The number of para-hydroxylation sites is 2. The molecule has 5 nitrogen and oxygen atoms in total. The molecule has 0 radical (unpaired) electrons. The van der Waals surface area contributed by atoms with Crippen molar-refractivity contribution in [2.45, 2.75) is 26.2 Å². The van der Waals surface area contributed by atoms with Gasteiger partial charge in [0.25, 0.3) is 0 Å². The van der Waals surface area contributed by atoms with E-state index in [2.05, 4.69) is 28.5 Å². The van der Waals surface area contributed by atoms with Crippen molar-refractivity contribution in [1.82, 2.24) is 19.4 Å². The highest BCUT2D eigenvalue weighted by Gasteiger charge is 2.06. The summed E-state index contributed by atoms with van der Waals surface area (Å²) in [7, 11) is 0. The molecule has 0 aliphatic heterocycles. The molecule has 3 rings (SSSR count). The largest absolute Gasteiger partial charge is 0.310 e. The molecule has 0 spiro atoms. The van der Waals surface area contributed by atoms with Crippen molar-refractivity contribution in [3.63, 3.8) is 0 Å². The Labute approximate surface area is 118 Å². The minimum Gasteiger partial charge on any atom is -0.310 e. The van der Waals surface area contributed by atoms with Gasteiger partial charge >= 0.3 is 0 Å². The maximum Gasteiger partial charge on any atom is 0.162 e. The van der Waals surface area contributed by atoms with Gasteiger partial charge < -0.3 is 5.43 Å². The number of hydrogen-bond acceptors (Lipinski definition) is 3. The van der Waals surface area contributed by atoms with Crippen LogP contribution in [0.4, 0.5) is 0 Å². The number of nitrogens with zero attached hydrogens (tertiary/aromatic N) is 4. The molecule has 5 heteroatoms. The van der Waals surface area contributed by atoms with Gasteiger partial charge in [-0.2, -0.15) is 4.79 Å². The highest BCUT2D eigenvalue weighted by molar-refractivity contribution is 5.76. The number of aromatic nitrogens is 4. The fraction of sp³-hybridized carbons (Fsp3) is 0.333. The minimum absolute atomic E-state index is 0.877. The molecule has 0 fully saturated rings. The number of rotatable bonds is 6. The molecule has 1 aromatic carbocycles. The van der Waals surface area contributed by atoms with Crippen molar-refractivity contribution in [2.24, 2.45) is 0 Å². The van der Waals surface area contributed by atoms with Crippen LogP contribution in [0.3, 0.4) is 0 Å². The van der Waals surface area contributed by atoms with E-state index in [0.717, 1.165) is 23.4 Å². The highest BCUT2D eigenvalue weighted by atomic mass is 15.6. The second-order valence-corrected chi connectivity index (χ2v) is 4.84. The Balaban J connectivity index is 1.76. The summed E-state index contributed by atoms with van der Waals surface area (Å²) in [6.07, 6.45) is 7.39. The molecule has 104 valence electrons. The van der Waals surface area contributed by atoms with Gasteiger partial charge in [-0.3, -0.25) is 4.57 Å². The molecule has 2 aromatic heterocycles. The monoisotopic (exact) mass is 269 g/mol. The van der Waals surface area contributed by atoms with Crippen molar-refractivity contribution in [3.8, 4) is 5.82 Å². The van der Waals surface area contributed by atoms with Crippen LogP contribution in [0.1, 0.15) is 26.2 Å². The Morgan fingerprint density at radius 2 is 2.05 bits per heavy atom. The third kappa shape index (κ3) is 2.52. The number of fused-ring (bicyclic) bond motifs is 1. The van der Waals surface area contributed by atoms with Crippen LogP contribution in [0.5, 0.6) is 0 Å². The first-order valence-electron chi connectivity index (χ1n) is 7.10. The molecule has 0 bridgehead atoms. The van der Waals surface area contributed by atoms with Crippen molar-refractivity contribution < 1.29 is 0 Å². The van der Waals surface area contributed by atoms with Crippen LogP contribution in [0.2, 0.25) is 0 Å². The van der Waals surface area contributed by atoms with Crippen molar-refractivity contribution in [3.05, 3.63) is 42.9 Å². The summed E-state index contributed by atoms with van der Waals surface area (Å²) in [5.74, 6) is 0.877. The predicted molar refractivity (Wildman–Crippen MR) is 80.6 cm³/mol. The van der Waals surface area contributed by atoms with Crippen LogP contribution in [-0.2, 0) is 0 Å². The van der Waals surface area contributed by atoms with Crippen LogP contribution in [0.15, 0.2) is 42.9 Å². The van der Waals surface area contributed by atoms with Crippen LogP contribution in [0.25, 0.3) is 16.9 Å². The molecule has 0 unspecified atom stereocenters. The van der Waals surface area contributed by atoms with Crippen LogP contribution in [0, 0.1) is 0 Å². The first kappa shape index (κ1) is 12.7. The van der Waals surface area contributed by atoms with Crippen molar-refractivity contribution >= 4 is 11.0 Å². The van der Waals surface area contributed by atoms with Gasteiger partial charge in [-0.25, -0.2) is 4.98 Å². The standard InChI is InChI=1S/C15H19N5/c1-2-3-6-10-17-20-11-9-15(18-20)19-12-16-13-7-4-5-8-14(13)19/h4-5,7-9,11-12,17H,2-3,6,10H2,1H3. The number of imidazole rings is 1. The second-order valence-electron chi connectivity index (χ2n) is 4.84. The molecular formula is C15H19N5. The maximum atomic E-state index is 4.53. The quantitative estimate of drug-likeness (QED) is 0.700. The van der Waals surface area contributed by atoms with Crippen molar-refractivity contribution in [2.75, 3.05) is 12.0 Å². The van der Waals surface area contributed by atoms with Gasteiger partial charge in [-0.15, -0.1) is 5.10 Å². The average Bonchev–Trinajstić information content (AvgIpc) is 3.10. The lowest BCUT2D eigenvalue weighted by Crippen LogP contribution is -2.16. The maximum absolute atomic E-state index is 4.53. The lowest BCUT2D eigenvalue weighted by molar-refractivity contribution is 0.663. The molecule has 0 saturated carbocycles. The lowest BCUT2D eigenvalue weighted by Gasteiger charge is -2.05. The summed E-state index contributed by atoms with van der Waals surface area (Å²) in [6, 6.07) is 10.1. The van der Waals surface area contributed by atoms with E-state index in [1.807, 2.05) is 41.4 Å². The summed E-state index contributed by atoms with van der Waals surface area (Å²) in [5.41, 5.74) is 5.34. The zero-order chi connectivity index (χ0) is 13.8. The number of unbranched alkanes of at least 4 members (excludes halogenated alkanes) is 2. The Hall–Kier alpha value is -2.30. The lowest BCUT2D eigenvalue weighted by atomic mass is 10.3. The molecule has 0 aliphatic rings. The summed E-state index contributed by atoms with van der Waals surface area (Å²) in [5, 5.41) is 4.53. The molecule has 0 atom stereocenters. The summed E-state index contributed by atoms with van der Waals surface area (Å²) >= 11 is 0. The van der Waals surface area contributed by atoms with Gasteiger partial charge in [-0.1, -0.05) is 31.9 Å². The fourth-order valence-electron chi connectivity index (χ4n) is 2.24. The van der Waals surface area contributed by atoms with Crippen LogP contribution >= 0.6 is 0 Å². The SMILES string of the molecule is CCCCCNn1ccc(-n2cnc3ccccc32)n1. The van der Waals surface area contributed by atoms with Gasteiger partial charge in [0.05, 0.1) is 17.2 Å². The zero-order valence-corrected chi connectivity index (χ0v) is 11.7. The highest BCUT2D eigenvalue weighted by Crippen LogP contribution is 2.15. The summed E-state index contributed by atoms with van der Waals surface area (Å²) < 4.78 is 2.00. The molecular weight excluding hydrogens is 250 g/mol. The predicted octanol–water partition coefficient (Wildman–Crippen LogP) is 2.96. The van der Waals surface area contributed by atoms with Gasteiger partial charge in [0.2, 0.25) is 0 Å². The van der Waals surface area contributed by atoms with E-state index in [1.165, 1.54) is 19.3 Å². The first-order chi connectivity index (χ1) is 9.88. The smallest absolute Gasteiger partial charge is 0.162 e. The van der Waals surface area contributed by atoms with E-state index >= 15 is 0 Å². The second kappa shape index (κ2) is 5.77. The number of nitrogens with one attached hydrogen (secondary N) is 1. The van der Waals surface area contributed by atoms with E-state index < -0.39 is 0 Å². The summed E-state index contributed by atoms with van der Waals surface area (Å²) in [6.45, 7) is 3.15. The first-order valence-corrected chi connectivity index (χ1v) is 7.10. The van der Waals surface area contributed by atoms with Crippen LogP contribution in [-0.4, -0.2) is 26.0 Å². The molecule has 20 heavy (non-hydrogen) atoms. The van der Waals surface area contributed by atoms with Gasteiger partial charge in [0.15, 0.2) is 5.82 Å². The molecule has 2 heterocycles. The molecule has 0 saturated heterocycles.